The minimum absolute atomic E-state index is 0.172. The summed E-state index contributed by atoms with van der Waals surface area (Å²) in [4.78, 5) is 3.74. The second-order valence-electron chi connectivity index (χ2n) is 6.20. The number of hydrogen-bond acceptors (Lipinski definition) is 0. The molecule has 0 amide bonds. The molecule has 0 radical (unpaired) electrons. The van der Waals surface area contributed by atoms with E-state index in [9.17, 15) is 0 Å². The van der Waals surface area contributed by atoms with Crippen LogP contribution in [0.4, 0.5) is 5.69 Å². The monoisotopic (exact) mass is 377 g/mol. The Morgan fingerprint density at radius 1 is 0.958 bits per heavy atom. The summed E-state index contributed by atoms with van der Waals surface area (Å²) in [6.07, 6.45) is 2.17. The maximum absolute atomic E-state index is 7.47. The number of rotatable bonds is 1. The Hall–Kier alpha value is -2.40. The molecule has 0 unspecified atom stereocenters. The first-order valence-electron chi connectivity index (χ1n) is 7.89. The van der Waals surface area contributed by atoms with Crippen molar-refractivity contribution >= 4 is 39.5 Å². The van der Waals surface area contributed by atoms with Crippen LogP contribution in [-0.4, -0.2) is 14.5 Å². The van der Waals surface area contributed by atoms with Gasteiger partial charge >= 0.3 is 147 Å². The zero-order valence-corrected chi connectivity index (χ0v) is 15.6. The van der Waals surface area contributed by atoms with E-state index in [1.165, 1.54) is 41.7 Å². The van der Waals surface area contributed by atoms with Crippen LogP contribution in [0.5, 0.6) is 0 Å². The summed E-state index contributed by atoms with van der Waals surface area (Å²) in [5.74, 6) is 0. The van der Waals surface area contributed by atoms with Crippen molar-refractivity contribution in [1.82, 2.24) is 0 Å². The molecule has 0 fully saturated rings. The molecule has 3 heteroatoms. The number of fused-ring (bicyclic) bond motifs is 3. The van der Waals surface area contributed by atoms with E-state index >= 15 is 0 Å². The van der Waals surface area contributed by atoms with Crippen molar-refractivity contribution in [2.45, 2.75) is 13.8 Å². The molecule has 116 valence electrons. The van der Waals surface area contributed by atoms with Gasteiger partial charge in [-0.2, -0.15) is 0 Å². The zero-order valence-electron chi connectivity index (χ0n) is 13.9. The van der Waals surface area contributed by atoms with Crippen molar-refractivity contribution in [3.8, 4) is 11.3 Å². The molecule has 2 aromatic heterocycles. The molecular weight excluding hydrogens is 359 g/mol. The fraction of sp³-hybridized carbons (Fsp3) is 0.143. The van der Waals surface area contributed by atoms with Gasteiger partial charge in [-0.1, -0.05) is 0 Å². The van der Waals surface area contributed by atoms with Crippen LogP contribution in [0, 0.1) is 20.4 Å². The molecule has 0 spiro atoms. The van der Waals surface area contributed by atoms with Crippen LogP contribution in [0.1, 0.15) is 11.1 Å². The van der Waals surface area contributed by atoms with Gasteiger partial charge in [0.05, 0.1) is 0 Å². The molecule has 2 aromatic carbocycles. The molecule has 0 bridgehead atoms. The van der Waals surface area contributed by atoms with Crippen molar-refractivity contribution in [2.24, 2.45) is 7.05 Å². The van der Waals surface area contributed by atoms with E-state index in [1.807, 2.05) is 12.1 Å². The van der Waals surface area contributed by atoms with Gasteiger partial charge in [0.1, 0.15) is 0 Å². The Morgan fingerprint density at radius 3 is 2.50 bits per heavy atom. The standard InChI is InChI=1S/C21H17N2Se/c1-13-8-11-18(23(4)12-13)19-14(2)9-10-16-15-6-5-7-17(22-3)20(15)24-21(16)19/h5-12H,1-2,4H3/q+1. The second kappa shape index (κ2) is 5.60. The van der Waals surface area contributed by atoms with Crippen molar-refractivity contribution in [3.05, 3.63) is 71.2 Å². The molecule has 2 nitrogen and oxygen atoms in total. The van der Waals surface area contributed by atoms with Gasteiger partial charge in [-0.25, -0.2) is 0 Å². The molecular formula is C21H17N2Se+. The van der Waals surface area contributed by atoms with E-state index in [4.69, 9.17) is 6.57 Å². The van der Waals surface area contributed by atoms with E-state index in [0.717, 1.165) is 5.69 Å². The van der Waals surface area contributed by atoms with Crippen LogP contribution in [-0.2, 0) is 7.05 Å². The summed E-state index contributed by atoms with van der Waals surface area (Å²) in [5.41, 5.74) is 5.94. The van der Waals surface area contributed by atoms with Crippen LogP contribution in [0.2, 0.25) is 0 Å². The van der Waals surface area contributed by atoms with Crippen molar-refractivity contribution in [2.75, 3.05) is 0 Å². The van der Waals surface area contributed by atoms with Gasteiger partial charge in [0.25, 0.3) is 0 Å². The predicted octanol–water partition coefficient (Wildman–Crippen LogP) is 4.71. The molecule has 2 heterocycles. The van der Waals surface area contributed by atoms with Gasteiger partial charge < -0.3 is 0 Å². The third-order valence-corrected chi connectivity index (χ3v) is 7.16. The maximum atomic E-state index is 7.47. The van der Waals surface area contributed by atoms with Crippen LogP contribution < -0.4 is 4.57 Å². The van der Waals surface area contributed by atoms with Crippen LogP contribution in [0.15, 0.2) is 48.7 Å². The zero-order chi connectivity index (χ0) is 16.8. The SMILES string of the molecule is [C-]#[N+]c1cccc2c1[se]c1c(-c3ccc(C)c[n+]3C)c(C)ccc12. The number of pyridine rings is 1. The van der Waals surface area contributed by atoms with Gasteiger partial charge in [0.15, 0.2) is 0 Å². The van der Waals surface area contributed by atoms with Gasteiger partial charge in [0.2, 0.25) is 0 Å². The number of benzene rings is 2. The van der Waals surface area contributed by atoms with E-state index in [-0.39, 0.29) is 14.5 Å². The number of hydrogen-bond donors (Lipinski definition) is 0. The molecule has 0 saturated heterocycles. The van der Waals surface area contributed by atoms with E-state index < -0.39 is 0 Å². The Balaban J connectivity index is 2.16. The third kappa shape index (κ3) is 2.19. The third-order valence-electron chi connectivity index (χ3n) is 4.51. The second-order valence-corrected chi connectivity index (χ2v) is 8.35. The van der Waals surface area contributed by atoms with Gasteiger partial charge in [-0.3, -0.25) is 0 Å². The Bertz CT molecular complexity index is 1150. The van der Waals surface area contributed by atoms with Crippen LogP contribution in [0.25, 0.3) is 35.4 Å². The van der Waals surface area contributed by atoms with E-state index in [0.29, 0.717) is 0 Å². The molecule has 0 atom stereocenters. The molecule has 0 aliphatic carbocycles. The summed E-state index contributed by atoms with van der Waals surface area (Å²) in [6, 6.07) is 14.9. The molecule has 0 aliphatic rings. The van der Waals surface area contributed by atoms with Crippen molar-refractivity contribution < 1.29 is 4.57 Å². The average molecular weight is 376 g/mol. The van der Waals surface area contributed by atoms with Crippen molar-refractivity contribution in [3.63, 3.8) is 0 Å². The fourth-order valence-electron chi connectivity index (χ4n) is 3.36. The fourth-order valence-corrected chi connectivity index (χ4v) is 6.22. The number of aromatic nitrogens is 1. The minimum atomic E-state index is 0.172. The normalized spacial score (nSPS) is 11.1. The Morgan fingerprint density at radius 2 is 1.75 bits per heavy atom. The molecule has 4 aromatic rings. The predicted molar refractivity (Wildman–Crippen MR) is 101 cm³/mol. The topological polar surface area (TPSA) is 8.24 Å². The summed E-state index contributed by atoms with van der Waals surface area (Å²) >= 11 is 0.172. The number of nitrogens with zero attached hydrogens (tertiary/aromatic N) is 2. The molecule has 0 aliphatic heterocycles. The summed E-state index contributed by atoms with van der Waals surface area (Å²) in [6.45, 7) is 11.8. The quantitative estimate of drug-likeness (QED) is 0.258. The molecule has 0 saturated carbocycles. The number of aryl methyl sites for hydroxylation is 3. The van der Waals surface area contributed by atoms with E-state index in [2.05, 4.69) is 66.8 Å². The molecule has 0 N–H and O–H groups in total. The van der Waals surface area contributed by atoms with Gasteiger partial charge in [-0.05, 0) is 0 Å². The molecule has 4 rings (SSSR count). The average Bonchev–Trinajstić information content (AvgIpc) is 2.94. The molecule has 24 heavy (non-hydrogen) atoms. The summed E-state index contributed by atoms with van der Waals surface area (Å²) in [7, 11) is 2.11. The van der Waals surface area contributed by atoms with Gasteiger partial charge in [-0.15, -0.1) is 0 Å². The summed E-state index contributed by atoms with van der Waals surface area (Å²) in [5, 5.41) is 2.55. The first-order chi connectivity index (χ1) is 11.6. The van der Waals surface area contributed by atoms with Crippen LogP contribution in [0.3, 0.4) is 0 Å². The summed E-state index contributed by atoms with van der Waals surface area (Å²) < 4.78 is 4.86. The van der Waals surface area contributed by atoms with E-state index in [1.54, 1.807) is 0 Å². The first kappa shape index (κ1) is 15.1. The Kier molecular flexibility index (Phi) is 3.53. The Labute approximate surface area is 147 Å². The van der Waals surface area contributed by atoms with Crippen molar-refractivity contribution in [1.29, 1.82) is 0 Å². The van der Waals surface area contributed by atoms with Crippen LogP contribution >= 0.6 is 0 Å². The van der Waals surface area contributed by atoms with Gasteiger partial charge in [0, 0.05) is 0 Å². The first-order valence-corrected chi connectivity index (χ1v) is 9.60.